The number of rotatable bonds is 14. The predicted octanol–water partition coefficient (Wildman–Crippen LogP) is 22.3. The summed E-state index contributed by atoms with van der Waals surface area (Å²) in [5.41, 5.74) is 22.1. The van der Waals surface area contributed by atoms with Crippen LogP contribution in [0.2, 0.25) is 0 Å². The van der Waals surface area contributed by atoms with Crippen molar-refractivity contribution in [3.05, 3.63) is 334 Å². The predicted molar refractivity (Wildman–Crippen MR) is 345 cm³/mol. The molecule has 0 saturated carbocycles. The number of hydrogen-bond acceptors (Lipinski definition) is 4. The average molecular weight is 1050 g/mol. The molecular weight excluding hydrogens is 995 g/mol. The third-order valence-corrected chi connectivity index (χ3v) is 15.4. The molecule has 4 nitrogen and oxygen atoms in total. The third-order valence-electron chi connectivity index (χ3n) is 15.4. The van der Waals surface area contributed by atoms with Gasteiger partial charge in [-0.25, -0.2) is 0 Å². The van der Waals surface area contributed by atoms with E-state index < -0.39 is 0 Å². The molecule has 0 amide bonds. The number of fused-ring (bicyclic) bond motifs is 3. The number of para-hydroxylation sites is 4. The zero-order valence-electron chi connectivity index (χ0n) is 45.0. The molecule has 0 bridgehead atoms. The van der Waals surface area contributed by atoms with E-state index in [1.54, 1.807) is 0 Å². The molecule has 0 aliphatic rings. The molecule has 388 valence electrons. The van der Waals surface area contributed by atoms with E-state index in [1.165, 1.54) is 16.7 Å². The molecule has 0 aliphatic heterocycles. The molecular formula is C78H55N3O. The van der Waals surface area contributed by atoms with Gasteiger partial charge < -0.3 is 19.1 Å². The van der Waals surface area contributed by atoms with Crippen LogP contribution in [-0.2, 0) is 0 Å². The van der Waals surface area contributed by atoms with E-state index in [1.807, 2.05) is 0 Å². The first kappa shape index (κ1) is 49.4. The highest BCUT2D eigenvalue weighted by atomic mass is 16.3. The lowest BCUT2D eigenvalue weighted by molar-refractivity contribution is 0.671. The minimum absolute atomic E-state index is 0.870. The number of furan rings is 1. The van der Waals surface area contributed by atoms with Crippen LogP contribution in [0, 0.1) is 0 Å². The highest BCUT2D eigenvalue weighted by molar-refractivity contribution is 6.13. The standard InChI is InChI=1S/C78H55N3O/c1-7-21-56(22-8-1)59-37-45-66(46-38-59)79(64-29-15-5-16-30-64)70-53-71(80(65-31-17-6-18-32-65)67-47-39-60(40-48-67)57-23-9-2-10-24-57)55-72(54-70)81(68-49-41-61(42-50-68)58-25-11-3-12-26-58)69-51-43-63(44-52-69)74-34-20-36-76-75-35-19-33-73(77(75)82-78(74)76)62-27-13-4-14-28-62/h1-55H. The van der Waals surface area contributed by atoms with Gasteiger partial charge in [-0.05, 0) is 136 Å². The van der Waals surface area contributed by atoms with Gasteiger partial charge in [0.1, 0.15) is 11.2 Å². The summed E-state index contributed by atoms with van der Waals surface area (Å²) in [4.78, 5) is 7.14. The van der Waals surface area contributed by atoms with Crippen molar-refractivity contribution < 1.29 is 4.42 Å². The fourth-order valence-corrected chi connectivity index (χ4v) is 11.4. The van der Waals surface area contributed by atoms with Crippen molar-refractivity contribution in [2.75, 3.05) is 14.7 Å². The monoisotopic (exact) mass is 1050 g/mol. The Morgan fingerprint density at radius 2 is 0.402 bits per heavy atom. The van der Waals surface area contributed by atoms with Crippen LogP contribution in [0.25, 0.3) is 77.6 Å². The summed E-state index contributed by atoms with van der Waals surface area (Å²) in [5, 5.41) is 2.19. The molecule has 0 unspecified atom stereocenters. The molecule has 0 spiro atoms. The van der Waals surface area contributed by atoms with Crippen LogP contribution in [0.1, 0.15) is 0 Å². The Hall–Kier alpha value is -10.9. The molecule has 82 heavy (non-hydrogen) atoms. The number of nitrogens with zero attached hydrogens (tertiary/aromatic N) is 3. The van der Waals surface area contributed by atoms with Crippen LogP contribution in [0.5, 0.6) is 0 Å². The molecule has 0 atom stereocenters. The van der Waals surface area contributed by atoms with Crippen molar-refractivity contribution in [1.82, 2.24) is 0 Å². The first-order valence-corrected chi connectivity index (χ1v) is 27.9. The Balaban J connectivity index is 0.967. The molecule has 0 radical (unpaired) electrons. The Morgan fingerprint density at radius 3 is 0.707 bits per heavy atom. The summed E-state index contributed by atoms with van der Waals surface area (Å²) in [5.74, 6) is 0. The zero-order chi connectivity index (χ0) is 54.6. The topological polar surface area (TPSA) is 22.9 Å². The quantitative estimate of drug-likeness (QED) is 0.108. The SMILES string of the molecule is c1ccc(-c2ccc(N(c3ccccc3)c3cc(N(c4ccccc4)c4ccc(-c5ccccc5)cc4)cc(N(c4ccc(-c5ccccc5)cc4)c4ccc(-c5cccc6c5oc5c(-c7ccccc7)cccc56)cc4)c3)cc2)cc1. The normalized spacial score (nSPS) is 11.2. The Morgan fingerprint density at radius 1 is 0.171 bits per heavy atom. The van der Waals surface area contributed by atoms with E-state index in [2.05, 4.69) is 348 Å². The van der Waals surface area contributed by atoms with Gasteiger partial charge in [-0.2, -0.15) is 0 Å². The maximum atomic E-state index is 6.94. The van der Waals surface area contributed by atoms with Crippen molar-refractivity contribution in [2.24, 2.45) is 0 Å². The second-order valence-corrected chi connectivity index (χ2v) is 20.5. The molecule has 0 N–H and O–H groups in total. The summed E-state index contributed by atoms with van der Waals surface area (Å²) >= 11 is 0. The van der Waals surface area contributed by atoms with E-state index >= 15 is 0 Å². The second kappa shape index (κ2) is 22.1. The van der Waals surface area contributed by atoms with Crippen LogP contribution in [-0.4, -0.2) is 0 Å². The average Bonchev–Trinajstić information content (AvgIpc) is 3.92. The fourth-order valence-electron chi connectivity index (χ4n) is 11.4. The van der Waals surface area contributed by atoms with Crippen LogP contribution >= 0.6 is 0 Å². The molecule has 4 heteroatoms. The molecule has 0 aliphatic carbocycles. The molecule has 0 fully saturated rings. The highest BCUT2D eigenvalue weighted by Gasteiger charge is 2.24. The van der Waals surface area contributed by atoms with Crippen LogP contribution in [0.3, 0.4) is 0 Å². The summed E-state index contributed by atoms with van der Waals surface area (Å²) in [6, 6.07) is 119. The van der Waals surface area contributed by atoms with Gasteiger partial charge in [-0.3, -0.25) is 0 Å². The van der Waals surface area contributed by atoms with E-state index in [0.29, 0.717) is 0 Å². The summed E-state index contributed by atoms with van der Waals surface area (Å²) in [7, 11) is 0. The van der Waals surface area contributed by atoms with E-state index in [9.17, 15) is 0 Å². The molecule has 14 aromatic rings. The summed E-state index contributed by atoms with van der Waals surface area (Å²) in [6.07, 6.45) is 0. The Labute approximate surface area is 478 Å². The molecule has 1 heterocycles. The van der Waals surface area contributed by atoms with Gasteiger partial charge >= 0.3 is 0 Å². The van der Waals surface area contributed by atoms with Gasteiger partial charge in [-0.15, -0.1) is 0 Å². The number of anilines is 9. The number of benzene rings is 13. The van der Waals surface area contributed by atoms with Crippen molar-refractivity contribution >= 4 is 73.1 Å². The molecule has 0 saturated heterocycles. The van der Waals surface area contributed by atoms with Gasteiger partial charge in [0.15, 0.2) is 0 Å². The van der Waals surface area contributed by atoms with Crippen LogP contribution < -0.4 is 14.7 Å². The number of hydrogen-bond donors (Lipinski definition) is 0. The molecule has 13 aromatic carbocycles. The Bertz CT molecular complexity index is 4290. The van der Waals surface area contributed by atoms with Crippen molar-refractivity contribution in [1.29, 1.82) is 0 Å². The first-order chi connectivity index (χ1) is 40.7. The minimum Gasteiger partial charge on any atom is -0.455 e. The zero-order valence-corrected chi connectivity index (χ0v) is 45.0. The maximum absolute atomic E-state index is 6.94. The lowest BCUT2D eigenvalue weighted by Crippen LogP contribution is -2.16. The smallest absolute Gasteiger partial charge is 0.143 e. The fraction of sp³-hybridized carbons (Fsp3) is 0. The van der Waals surface area contributed by atoms with Crippen molar-refractivity contribution in [3.63, 3.8) is 0 Å². The minimum atomic E-state index is 0.870. The van der Waals surface area contributed by atoms with Crippen LogP contribution in [0.15, 0.2) is 338 Å². The lowest BCUT2D eigenvalue weighted by atomic mass is 10.00. The van der Waals surface area contributed by atoms with Crippen molar-refractivity contribution in [2.45, 2.75) is 0 Å². The van der Waals surface area contributed by atoms with E-state index in [-0.39, 0.29) is 0 Å². The van der Waals surface area contributed by atoms with Gasteiger partial charge in [0.25, 0.3) is 0 Å². The maximum Gasteiger partial charge on any atom is 0.143 e. The third kappa shape index (κ3) is 9.76. The van der Waals surface area contributed by atoms with Crippen molar-refractivity contribution in [3.8, 4) is 55.6 Å². The Kier molecular flexibility index (Phi) is 13.3. The summed E-state index contributed by atoms with van der Waals surface area (Å²) < 4.78 is 6.94. The second-order valence-electron chi connectivity index (χ2n) is 20.5. The summed E-state index contributed by atoms with van der Waals surface area (Å²) in [6.45, 7) is 0. The first-order valence-electron chi connectivity index (χ1n) is 27.9. The molecule has 1 aromatic heterocycles. The van der Waals surface area contributed by atoms with Gasteiger partial charge in [0, 0.05) is 56.0 Å². The lowest BCUT2D eigenvalue weighted by Gasteiger charge is -2.33. The van der Waals surface area contributed by atoms with Gasteiger partial charge in [0.05, 0.1) is 17.1 Å². The van der Waals surface area contributed by atoms with Gasteiger partial charge in [-0.1, -0.05) is 243 Å². The molecule has 14 rings (SSSR count). The highest BCUT2D eigenvalue weighted by Crippen LogP contribution is 2.48. The van der Waals surface area contributed by atoms with E-state index in [0.717, 1.165) is 112 Å². The van der Waals surface area contributed by atoms with Crippen LogP contribution in [0.4, 0.5) is 51.2 Å². The van der Waals surface area contributed by atoms with E-state index in [4.69, 9.17) is 4.42 Å². The van der Waals surface area contributed by atoms with Gasteiger partial charge in [0.2, 0.25) is 0 Å². The largest absolute Gasteiger partial charge is 0.455 e.